The molecule has 0 radical (unpaired) electrons. The van der Waals surface area contributed by atoms with Crippen molar-refractivity contribution >= 4 is 11.7 Å². The molecule has 8 heteroatoms. The van der Waals surface area contributed by atoms with Crippen LogP contribution >= 0.6 is 0 Å². The fourth-order valence-corrected chi connectivity index (χ4v) is 2.74. The highest BCUT2D eigenvalue weighted by molar-refractivity contribution is 5.78. The average Bonchev–Trinajstić information content (AvgIpc) is 2.96. The van der Waals surface area contributed by atoms with Gasteiger partial charge >= 0.3 is 0 Å². The summed E-state index contributed by atoms with van der Waals surface area (Å²) < 4.78 is 1.23. The van der Waals surface area contributed by atoms with Gasteiger partial charge in [-0.15, -0.1) is 0 Å². The Morgan fingerprint density at radius 1 is 1.36 bits per heavy atom. The molecule has 3 rings (SSSR count). The number of aryl methyl sites for hydroxylation is 2. The molecule has 3 heterocycles. The Balaban J connectivity index is 1.77. The third-order valence-electron chi connectivity index (χ3n) is 3.96. The van der Waals surface area contributed by atoms with Crippen molar-refractivity contribution in [2.24, 2.45) is 0 Å². The lowest BCUT2D eigenvalue weighted by molar-refractivity contribution is -0.121. The van der Waals surface area contributed by atoms with E-state index in [2.05, 4.69) is 25.4 Å². The summed E-state index contributed by atoms with van der Waals surface area (Å²) >= 11 is 0. The van der Waals surface area contributed by atoms with Gasteiger partial charge in [-0.1, -0.05) is 13.0 Å². The SMILES string of the molecule is CCC(NC(=O)Cc1nc2nc(C)cc(=O)n2[nH]1)c1ncccc1C. The normalized spacial score (nSPS) is 12.3. The second-order valence-corrected chi connectivity index (χ2v) is 5.95. The molecule has 1 amide bonds. The van der Waals surface area contributed by atoms with Crippen molar-refractivity contribution in [2.75, 3.05) is 0 Å². The van der Waals surface area contributed by atoms with Gasteiger partial charge < -0.3 is 5.32 Å². The number of nitrogens with zero attached hydrogens (tertiary/aromatic N) is 4. The Morgan fingerprint density at radius 3 is 2.88 bits per heavy atom. The van der Waals surface area contributed by atoms with Crippen LogP contribution in [0.2, 0.25) is 0 Å². The van der Waals surface area contributed by atoms with Gasteiger partial charge in [0.1, 0.15) is 5.82 Å². The van der Waals surface area contributed by atoms with E-state index in [1.165, 1.54) is 10.6 Å². The fraction of sp³-hybridized carbons (Fsp3) is 0.353. The van der Waals surface area contributed by atoms with Gasteiger partial charge in [-0.25, -0.2) is 4.98 Å². The van der Waals surface area contributed by atoms with E-state index >= 15 is 0 Å². The second kappa shape index (κ2) is 6.84. The summed E-state index contributed by atoms with van der Waals surface area (Å²) in [6.45, 7) is 5.69. The molecule has 1 atom stereocenters. The van der Waals surface area contributed by atoms with E-state index in [0.29, 0.717) is 11.5 Å². The number of aromatic nitrogens is 5. The third kappa shape index (κ3) is 3.57. The van der Waals surface area contributed by atoms with Crippen LogP contribution in [0, 0.1) is 13.8 Å². The Kier molecular flexibility index (Phi) is 4.60. The van der Waals surface area contributed by atoms with E-state index in [4.69, 9.17) is 0 Å². The van der Waals surface area contributed by atoms with Gasteiger partial charge in [0.25, 0.3) is 11.3 Å². The number of carbonyl (C=O) groups is 1. The van der Waals surface area contributed by atoms with Crippen LogP contribution in [0.15, 0.2) is 29.2 Å². The molecule has 0 aliphatic heterocycles. The number of pyridine rings is 1. The van der Waals surface area contributed by atoms with Crippen molar-refractivity contribution in [1.82, 2.24) is 29.9 Å². The van der Waals surface area contributed by atoms with Crippen molar-refractivity contribution < 1.29 is 4.79 Å². The van der Waals surface area contributed by atoms with Crippen molar-refractivity contribution in [1.29, 1.82) is 0 Å². The summed E-state index contributed by atoms with van der Waals surface area (Å²) in [5.41, 5.74) is 2.22. The van der Waals surface area contributed by atoms with Gasteiger partial charge in [-0.2, -0.15) is 9.50 Å². The van der Waals surface area contributed by atoms with E-state index in [0.717, 1.165) is 17.7 Å². The van der Waals surface area contributed by atoms with Gasteiger partial charge in [0.2, 0.25) is 5.91 Å². The number of H-pyrrole nitrogens is 1. The molecule has 0 spiro atoms. The molecule has 2 N–H and O–H groups in total. The number of nitrogens with one attached hydrogen (secondary N) is 2. The highest BCUT2D eigenvalue weighted by Gasteiger charge is 2.17. The lowest BCUT2D eigenvalue weighted by Crippen LogP contribution is -2.30. The summed E-state index contributed by atoms with van der Waals surface area (Å²) in [4.78, 5) is 37.0. The molecule has 0 bridgehead atoms. The zero-order valence-electron chi connectivity index (χ0n) is 14.4. The average molecular weight is 340 g/mol. The van der Waals surface area contributed by atoms with Crippen molar-refractivity contribution in [3.8, 4) is 0 Å². The largest absolute Gasteiger partial charge is 0.347 e. The monoisotopic (exact) mass is 340 g/mol. The molecule has 3 aromatic heterocycles. The number of rotatable bonds is 5. The standard InChI is InChI=1S/C17H20N6O2/c1-4-12(16-10(2)6-5-7-18-16)20-14(24)9-13-21-17-19-11(3)8-15(25)23(17)22-13/h5-8,12H,4,9H2,1-3H3,(H,20,24)(H,19,21,22). The van der Waals surface area contributed by atoms with Crippen LogP contribution in [0.5, 0.6) is 0 Å². The van der Waals surface area contributed by atoms with E-state index in [1.807, 2.05) is 26.0 Å². The first-order valence-electron chi connectivity index (χ1n) is 8.14. The smallest absolute Gasteiger partial charge is 0.274 e. The molecule has 0 saturated heterocycles. The Morgan fingerprint density at radius 2 is 2.16 bits per heavy atom. The van der Waals surface area contributed by atoms with Gasteiger partial charge in [-0.3, -0.25) is 19.7 Å². The zero-order chi connectivity index (χ0) is 18.0. The Bertz CT molecular complexity index is 975. The van der Waals surface area contributed by atoms with Crippen LogP contribution in [0.4, 0.5) is 0 Å². The minimum Gasteiger partial charge on any atom is -0.347 e. The van der Waals surface area contributed by atoms with Crippen molar-refractivity contribution in [3.63, 3.8) is 0 Å². The molecule has 0 aliphatic rings. The molecule has 0 fully saturated rings. The van der Waals surface area contributed by atoms with E-state index in [1.54, 1.807) is 13.1 Å². The quantitative estimate of drug-likeness (QED) is 0.727. The van der Waals surface area contributed by atoms with Gasteiger partial charge in [-0.05, 0) is 31.9 Å². The third-order valence-corrected chi connectivity index (χ3v) is 3.96. The summed E-state index contributed by atoms with van der Waals surface area (Å²) in [6.07, 6.45) is 2.48. The molecule has 0 aliphatic carbocycles. The lowest BCUT2D eigenvalue weighted by atomic mass is 10.1. The molecule has 25 heavy (non-hydrogen) atoms. The molecule has 130 valence electrons. The Labute approximate surface area is 144 Å². The molecule has 0 saturated carbocycles. The number of fused-ring (bicyclic) bond motifs is 1. The maximum atomic E-state index is 12.4. The number of hydrogen-bond acceptors (Lipinski definition) is 5. The maximum Gasteiger partial charge on any atom is 0.274 e. The molecule has 3 aromatic rings. The van der Waals surface area contributed by atoms with E-state index < -0.39 is 0 Å². The predicted molar refractivity (Wildman–Crippen MR) is 92.2 cm³/mol. The Hall–Kier alpha value is -3.03. The van der Waals surface area contributed by atoms with E-state index in [-0.39, 0.29) is 29.7 Å². The topological polar surface area (TPSA) is 105 Å². The molecule has 8 nitrogen and oxygen atoms in total. The number of carbonyl (C=O) groups excluding carboxylic acids is 1. The van der Waals surface area contributed by atoms with E-state index in [9.17, 15) is 9.59 Å². The highest BCUT2D eigenvalue weighted by Crippen LogP contribution is 2.17. The maximum absolute atomic E-state index is 12.4. The van der Waals surface area contributed by atoms with Gasteiger partial charge in [0, 0.05) is 18.0 Å². The first-order valence-corrected chi connectivity index (χ1v) is 8.14. The minimum absolute atomic E-state index is 0.0320. The highest BCUT2D eigenvalue weighted by atomic mass is 16.2. The summed E-state index contributed by atoms with van der Waals surface area (Å²) in [5.74, 6) is 0.460. The summed E-state index contributed by atoms with van der Waals surface area (Å²) in [6, 6.07) is 5.08. The summed E-state index contributed by atoms with van der Waals surface area (Å²) in [7, 11) is 0. The number of aromatic amines is 1. The van der Waals surface area contributed by atoms with Gasteiger partial charge in [0.15, 0.2) is 0 Å². The van der Waals surface area contributed by atoms with Crippen LogP contribution in [-0.2, 0) is 11.2 Å². The molecular weight excluding hydrogens is 320 g/mol. The zero-order valence-corrected chi connectivity index (χ0v) is 14.4. The van der Waals surface area contributed by atoms with Crippen LogP contribution in [-0.4, -0.2) is 30.5 Å². The fourth-order valence-electron chi connectivity index (χ4n) is 2.74. The summed E-state index contributed by atoms with van der Waals surface area (Å²) in [5, 5.41) is 5.79. The van der Waals surface area contributed by atoms with Crippen LogP contribution in [0.25, 0.3) is 5.78 Å². The van der Waals surface area contributed by atoms with Crippen LogP contribution in [0.1, 0.15) is 42.2 Å². The molecule has 0 aromatic carbocycles. The van der Waals surface area contributed by atoms with Crippen molar-refractivity contribution in [2.45, 2.75) is 39.7 Å². The molecular formula is C17H20N6O2. The number of amides is 1. The number of hydrogen-bond donors (Lipinski definition) is 2. The van der Waals surface area contributed by atoms with Gasteiger partial charge in [0.05, 0.1) is 18.2 Å². The van der Waals surface area contributed by atoms with Crippen LogP contribution in [0.3, 0.4) is 0 Å². The molecule has 1 unspecified atom stereocenters. The van der Waals surface area contributed by atoms with Crippen molar-refractivity contribution in [3.05, 3.63) is 57.5 Å². The first-order chi connectivity index (χ1) is 12.0. The second-order valence-electron chi connectivity index (χ2n) is 5.95. The lowest BCUT2D eigenvalue weighted by Gasteiger charge is -2.17. The minimum atomic E-state index is -0.253. The predicted octanol–water partition coefficient (Wildman–Crippen LogP) is 1.24. The van der Waals surface area contributed by atoms with Crippen LogP contribution < -0.4 is 10.9 Å². The first kappa shape index (κ1) is 16.8.